The summed E-state index contributed by atoms with van der Waals surface area (Å²) in [6, 6.07) is 7.59. The molecule has 2 heterocycles. The van der Waals surface area contributed by atoms with E-state index in [0.29, 0.717) is 16.6 Å². The van der Waals surface area contributed by atoms with Crippen LogP contribution >= 0.6 is 34.5 Å². The van der Waals surface area contributed by atoms with Gasteiger partial charge in [-0.2, -0.15) is 0 Å². The maximum Gasteiger partial charge on any atom is 0.138 e. The van der Waals surface area contributed by atoms with Crippen LogP contribution in [0, 0.1) is 0 Å². The van der Waals surface area contributed by atoms with Crippen LogP contribution in [0.3, 0.4) is 0 Å². The number of thiophene rings is 1. The minimum absolute atomic E-state index is 0.560. The van der Waals surface area contributed by atoms with E-state index in [4.69, 9.17) is 23.2 Å². The van der Waals surface area contributed by atoms with Crippen LogP contribution in [0.5, 0.6) is 0 Å². The number of rotatable bonds is 3. The zero-order chi connectivity index (χ0) is 13.2. The lowest BCUT2D eigenvalue weighted by molar-refractivity contribution is 1.11. The Bertz CT molecular complexity index is 727. The highest BCUT2D eigenvalue weighted by molar-refractivity contribution is 7.16. The monoisotopic (exact) mass is 309 g/mol. The maximum absolute atomic E-state index is 5.99. The highest BCUT2D eigenvalue weighted by atomic mass is 35.5. The molecule has 19 heavy (non-hydrogen) atoms. The molecule has 1 N–H and O–H groups in total. The number of anilines is 1. The number of hydrogen-bond donors (Lipinski definition) is 1. The van der Waals surface area contributed by atoms with E-state index in [-0.39, 0.29) is 0 Å². The molecular formula is C13H9Cl2N3S. The van der Waals surface area contributed by atoms with Gasteiger partial charge in [0.2, 0.25) is 0 Å². The lowest BCUT2D eigenvalue weighted by atomic mass is 10.2. The largest absolute Gasteiger partial charge is 0.365 e. The summed E-state index contributed by atoms with van der Waals surface area (Å²) in [6.45, 7) is 0.638. The van der Waals surface area contributed by atoms with Crippen molar-refractivity contribution in [2.24, 2.45) is 0 Å². The van der Waals surface area contributed by atoms with Crippen LogP contribution in [0.2, 0.25) is 10.0 Å². The third-order valence-electron chi connectivity index (χ3n) is 2.71. The average Bonchev–Trinajstić information content (AvgIpc) is 2.89. The second-order valence-electron chi connectivity index (χ2n) is 3.96. The highest BCUT2D eigenvalue weighted by Gasteiger charge is 2.05. The number of hydrogen-bond acceptors (Lipinski definition) is 4. The first-order valence-electron chi connectivity index (χ1n) is 5.60. The van der Waals surface area contributed by atoms with Gasteiger partial charge in [0.25, 0.3) is 0 Å². The molecule has 0 aliphatic carbocycles. The third-order valence-corrected chi connectivity index (χ3v) is 4.27. The minimum atomic E-state index is 0.560. The van der Waals surface area contributed by atoms with Crippen LogP contribution in [-0.2, 0) is 6.54 Å². The number of halogens is 2. The predicted octanol–water partition coefficient (Wildman–Crippen LogP) is 4.61. The third kappa shape index (κ3) is 2.66. The van der Waals surface area contributed by atoms with Crippen LogP contribution in [-0.4, -0.2) is 9.97 Å². The van der Waals surface area contributed by atoms with Crippen molar-refractivity contribution < 1.29 is 0 Å². The first-order valence-corrected chi connectivity index (χ1v) is 7.23. The van der Waals surface area contributed by atoms with Gasteiger partial charge in [0.05, 0.1) is 15.4 Å². The normalized spacial score (nSPS) is 10.8. The molecule has 0 unspecified atom stereocenters. The molecule has 0 aliphatic rings. The molecular weight excluding hydrogens is 301 g/mol. The van der Waals surface area contributed by atoms with Crippen molar-refractivity contribution in [2.75, 3.05) is 5.32 Å². The van der Waals surface area contributed by atoms with Gasteiger partial charge < -0.3 is 5.32 Å². The van der Waals surface area contributed by atoms with Crippen LogP contribution in [0.1, 0.15) is 5.56 Å². The van der Waals surface area contributed by atoms with Crippen molar-refractivity contribution in [3.63, 3.8) is 0 Å². The molecule has 3 nitrogen and oxygen atoms in total. The molecule has 0 aliphatic heterocycles. The van der Waals surface area contributed by atoms with Gasteiger partial charge in [-0.3, -0.25) is 0 Å². The zero-order valence-corrected chi connectivity index (χ0v) is 12.1. The van der Waals surface area contributed by atoms with Gasteiger partial charge in [-0.15, -0.1) is 11.3 Å². The lowest BCUT2D eigenvalue weighted by Crippen LogP contribution is -2.01. The van der Waals surface area contributed by atoms with Gasteiger partial charge in [-0.05, 0) is 29.1 Å². The molecule has 96 valence electrons. The highest BCUT2D eigenvalue weighted by Crippen LogP contribution is 2.25. The SMILES string of the molecule is Clc1ccc(CNc2ncnc3sccc23)cc1Cl. The molecule has 0 fully saturated rings. The van der Waals surface area contributed by atoms with Crippen LogP contribution < -0.4 is 5.32 Å². The van der Waals surface area contributed by atoms with Gasteiger partial charge in [0.15, 0.2) is 0 Å². The molecule has 0 bridgehead atoms. The van der Waals surface area contributed by atoms with Gasteiger partial charge >= 0.3 is 0 Å². The summed E-state index contributed by atoms with van der Waals surface area (Å²) in [5, 5.41) is 7.45. The fourth-order valence-corrected chi connectivity index (χ4v) is 2.82. The van der Waals surface area contributed by atoms with Crippen molar-refractivity contribution in [3.05, 3.63) is 51.6 Å². The summed E-state index contributed by atoms with van der Waals surface area (Å²) in [5.41, 5.74) is 1.05. The molecule has 0 amide bonds. The van der Waals surface area contributed by atoms with Crippen LogP contribution in [0.15, 0.2) is 36.0 Å². The molecule has 6 heteroatoms. The zero-order valence-electron chi connectivity index (χ0n) is 9.73. The lowest BCUT2D eigenvalue weighted by Gasteiger charge is -2.07. The minimum Gasteiger partial charge on any atom is -0.365 e. The molecule has 0 radical (unpaired) electrons. The Morgan fingerprint density at radius 3 is 2.84 bits per heavy atom. The topological polar surface area (TPSA) is 37.8 Å². The van der Waals surface area contributed by atoms with Gasteiger partial charge in [-0.25, -0.2) is 9.97 Å². The molecule has 3 rings (SSSR count). The Morgan fingerprint density at radius 2 is 2.00 bits per heavy atom. The second-order valence-corrected chi connectivity index (χ2v) is 5.67. The molecule has 1 aromatic carbocycles. The summed E-state index contributed by atoms with van der Waals surface area (Å²) >= 11 is 13.5. The first kappa shape index (κ1) is 12.7. The summed E-state index contributed by atoms with van der Waals surface area (Å²) < 4.78 is 0. The van der Waals surface area contributed by atoms with Crippen molar-refractivity contribution in [3.8, 4) is 0 Å². The van der Waals surface area contributed by atoms with E-state index < -0.39 is 0 Å². The maximum atomic E-state index is 5.99. The number of benzene rings is 1. The van der Waals surface area contributed by atoms with Crippen molar-refractivity contribution in [1.82, 2.24) is 9.97 Å². The number of nitrogens with one attached hydrogen (secondary N) is 1. The van der Waals surface area contributed by atoms with Gasteiger partial charge in [0, 0.05) is 6.54 Å². The van der Waals surface area contributed by atoms with Crippen molar-refractivity contribution in [1.29, 1.82) is 0 Å². The quantitative estimate of drug-likeness (QED) is 0.767. The first-order chi connectivity index (χ1) is 9.24. The molecule has 3 aromatic rings. The molecule has 0 saturated carbocycles. The van der Waals surface area contributed by atoms with Gasteiger partial charge in [0.1, 0.15) is 17.0 Å². The van der Waals surface area contributed by atoms with E-state index >= 15 is 0 Å². The molecule has 0 atom stereocenters. The number of nitrogens with zero attached hydrogens (tertiary/aromatic N) is 2. The Hall–Kier alpha value is -1.36. The van der Waals surface area contributed by atoms with Crippen LogP contribution in [0.25, 0.3) is 10.2 Å². The van der Waals surface area contributed by atoms with E-state index in [9.17, 15) is 0 Å². The van der Waals surface area contributed by atoms with Crippen molar-refractivity contribution in [2.45, 2.75) is 6.54 Å². The fraction of sp³-hybridized carbons (Fsp3) is 0.0769. The van der Waals surface area contributed by atoms with Crippen LogP contribution in [0.4, 0.5) is 5.82 Å². The predicted molar refractivity (Wildman–Crippen MR) is 81.2 cm³/mol. The Kier molecular flexibility index (Phi) is 3.55. The molecule has 0 saturated heterocycles. The Labute approximate surface area is 124 Å². The van der Waals surface area contributed by atoms with E-state index in [2.05, 4.69) is 15.3 Å². The smallest absolute Gasteiger partial charge is 0.138 e. The summed E-state index contributed by atoms with van der Waals surface area (Å²) in [5.74, 6) is 0.831. The number of fused-ring (bicyclic) bond motifs is 1. The van der Waals surface area contributed by atoms with E-state index in [1.54, 1.807) is 23.7 Å². The van der Waals surface area contributed by atoms with E-state index in [1.807, 2.05) is 23.6 Å². The van der Waals surface area contributed by atoms with Gasteiger partial charge in [-0.1, -0.05) is 29.3 Å². The van der Waals surface area contributed by atoms with E-state index in [0.717, 1.165) is 21.6 Å². The van der Waals surface area contributed by atoms with E-state index in [1.165, 1.54) is 0 Å². The summed E-state index contributed by atoms with van der Waals surface area (Å²) in [6.07, 6.45) is 1.57. The molecule has 0 spiro atoms. The summed E-state index contributed by atoms with van der Waals surface area (Å²) in [4.78, 5) is 9.45. The van der Waals surface area contributed by atoms with Crippen molar-refractivity contribution >= 4 is 50.6 Å². The average molecular weight is 310 g/mol. The second kappa shape index (κ2) is 5.33. The standard InChI is InChI=1S/C13H9Cl2N3S/c14-10-2-1-8(5-11(10)15)6-16-12-9-3-4-19-13(9)18-7-17-12/h1-5,7H,6H2,(H,16,17,18). The Morgan fingerprint density at radius 1 is 1.11 bits per heavy atom. The molecule has 2 aromatic heterocycles. The summed E-state index contributed by atoms with van der Waals surface area (Å²) in [7, 11) is 0. The fourth-order valence-electron chi connectivity index (χ4n) is 1.77. The Balaban J connectivity index is 1.82. The number of aromatic nitrogens is 2.